The summed E-state index contributed by atoms with van der Waals surface area (Å²) in [6.45, 7) is 8.27. The Hall–Kier alpha value is -2.73. The van der Waals surface area contributed by atoms with Crippen molar-refractivity contribution < 1.29 is 8.42 Å². The Labute approximate surface area is 198 Å². The molecule has 1 aromatic carbocycles. The van der Waals surface area contributed by atoms with E-state index in [1.54, 1.807) is 6.20 Å². The normalized spacial score (nSPS) is 12.2. The standard InChI is InChI=1S/C22H29N7O2S2/c1-5-16(13-23-6-2)17-8-7-9-18(12-17)20-25-14-19(22-29-28-15(3)32-22)21(27-20)24-10-11-26-33(4,30)31/h5,7-9,12,14,23,26H,6,10-11,13H2,1-4H3,(H,24,25,27)/b16-5+. The van der Waals surface area contributed by atoms with Crippen molar-refractivity contribution >= 4 is 32.8 Å². The van der Waals surface area contributed by atoms with Crippen LogP contribution in [0.4, 0.5) is 5.82 Å². The van der Waals surface area contributed by atoms with Gasteiger partial charge in [-0.1, -0.05) is 42.5 Å². The Balaban J connectivity index is 1.92. The maximum atomic E-state index is 11.4. The second kappa shape index (κ2) is 11.4. The van der Waals surface area contributed by atoms with Gasteiger partial charge in [0.1, 0.15) is 10.8 Å². The number of aromatic nitrogens is 4. The van der Waals surface area contributed by atoms with Gasteiger partial charge < -0.3 is 10.6 Å². The van der Waals surface area contributed by atoms with Crippen LogP contribution in [-0.4, -0.2) is 61.0 Å². The summed E-state index contributed by atoms with van der Waals surface area (Å²) in [5, 5.41) is 16.4. The van der Waals surface area contributed by atoms with Crippen molar-refractivity contribution in [3.8, 4) is 22.0 Å². The minimum Gasteiger partial charge on any atom is -0.368 e. The highest BCUT2D eigenvalue weighted by atomic mass is 32.2. The van der Waals surface area contributed by atoms with Gasteiger partial charge >= 0.3 is 0 Å². The Morgan fingerprint density at radius 2 is 2.03 bits per heavy atom. The predicted octanol–water partition coefficient (Wildman–Crippen LogP) is 2.94. The minimum absolute atomic E-state index is 0.233. The second-order valence-corrected chi connectivity index (χ2v) is 10.4. The van der Waals surface area contributed by atoms with E-state index in [9.17, 15) is 8.42 Å². The molecule has 3 N–H and O–H groups in total. The molecule has 176 valence electrons. The first-order valence-corrected chi connectivity index (χ1v) is 13.3. The van der Waals surface area contributed by atoms with Crippen LogP contribution in [0.1, 0.15) is 24.4 Å². The highest BCUT2D eigenvalue weighted by Gasteiger charge is 2.15. The number of hydrogen-bond donors (Lipinski definition) is 3. The number of nitrogens with one attached hydrogen (secondary N) is 3. The molecule has 2 aromatic heterocycles. The third-order valence-corrected chi connectivity index (χ3v) is 6.33. The van der Waals surface area contributed by atoms with Gasteiger partial charge in [0.05, 0.1) is 11.8 Å². The molecule has 0 bridgehead atoms. The monoisotopic (exact) mass is 487 g/mol. The highest BCUT2D eigenvalue weighted by Crippen LogP contribution is 2.30. The molecular weight excluding hydrogens is 458 g/mol. The molecule has 0 fully saturated rings. The number of sulfonamides is 1. The first kappa shape index (κ1) is 24.9. The third-order valence-electron chi connectivity index (χ3n) is 4.73. The molecular formula is C22H29N7O2S2. The topological polar surface area (TPSA) is 122 Å². The van der Waals surface area contributed by atoms with Crippen LogP contribution in [0.3, 0.4) is 0 Å². The maximum Gasteiger partial charge on any atom is 0.208 e. The van der Waals surface area contributed by atoms with Crippen LogP contribution >= 0.6 is 11.3 Å². The smallest absolute Gasteiger partial charge is 0.208 e. The van der Waals surface area contributed by atoms with Crippen LogP contribution in [-0.2, 0) is 10.0 Å². The molecule has 9 nitrogen and oxygen atoms in total. The van der Waals surface area contributed by atoms with Gasteiger partial charge in [0.2, 0.25) is 10.0 Å². The molecule has 0 radical (unpaired) electrons. The van der Waals surface area contributed by atoms with Crippen molar-refractivity contribution in [2.24, 2.45) is 0 Å². The number of nitrogens with zero attached hydrogens (tertiary/aromatic N) is 4. The Bertz CT molecular complexity index is 1220. The maximum absolute atomic E-state index is 11.4. The van der Waals surface area contributed by atoms with Crippen molar-refractivity contribution in [3.05, 3.63) is 47.1 Å². The van der Waals surface area contributed by atoms with E-state index in [-0.39, 0.29) is 6.54 Å². The van der Waals surface area contributed by atoms with Crippen molar-refractivity contribution in [1.29, 1.82) is 0 Å². The predicted molar refractivity (Wildman–Crippen MR) is 135 cm³/mol. The van der Waals surface area contributed by atoms with Gasteiger partial charge in [-0.2, -0.15) is 0 Å². The van der Waals surface area contributed by atoms with Crippen molar-refractivity contribution in [2.45, 2.75) is 20.8 Å². The van der Waals surface area contributed by atoms with E-state index in [4.69, 9.17) is 4.98 Å². The Morgan fingerprint density at radius 1 is 1.21 bits per heavy atom. The summed E-state index contributed by atoms with van der Waals surface area (Å²) in [7, 11) is -3.26. The summed E-state index contributed by atoms with van der Waals surface area (Å²) < 4.78 is 25.2. The summed E-state index contributed by atoms with van der Waals surface area (Å²) >= 11 is 1.45. The van der Waals surface area contributed by atoms with Gasteiger partial charge in [0.15, 0.2) is 10.8 Å². The molecule has 3 aromatic rings. The molecule has 0 aliphatic heterocycles. The largest absolute Gasteiger partial charge is 0.368 e. The lowest BCUT2D eigenvalue weighted by Gasteiger charge is -2.12. The van der Waals surface area contributed by atoms with Crippen LogP contribution < -0.4 is 15.4 Å². The van der Waals surface area contributed by atoms with Gasteiger partial charge in [-0.05, 0) is 37.6 Å². The molecule has 0 aliphatic rings. The molecule has 0 spiro atoms. The Morgan fingerprint density at radius 3 is 2.70 bits per heavy atom. The fraction of sp³-hybridized carbons (Fsp3) is 0.364. The van der Waals surface area contributed by atoms with Crippen LogP contribution in [0.25, 0.3) is 27.5 Å². The highest BCUT2D eigenvalue weighted by molar-refractivity contribution is 7.88. The molecule has 33 heavy (non-hydrogen) atoms. The van der Waals surface area contributed by atoms with E-state index < -0.39 is 10.0 Å². The molecule has 3 rings (SSSR count). The number of likely N-dealkylation sites (N-methyl/N-ethyl adjacent to an activating group) is 1. The summed E-state index contributed by atoms with van der Waals surface area (Å²) in [5.41, 5.74) is 3.92. The molecule has 2 heterocycles. The van der Waals surface area contributed by atoms with Gasteiger partial charge in [-0.25, -0.2) is 23.1 Å². The molecule has 0 aliphatic carbocycles. The van der Waals surface area contributed by atoms with E-state index in [0.717, 1.165) is 41.0 Å². The minimum atomic E-state index is -3.26. The number of anilines is 1. The zero-order valence-electron chi connectivity index (χ0n) is 19.2. The lowest BCUT2D eigenvalue weighted by Crippen LogP contribution is -2.28. The lowest BCUT2D eigenvalue weighted by atomic mass is 10.0. The lowest BCUT2D eigenvalue weighted by molar-refractivity contribution is 0.589. The van der Waals surface area contributed by atoms with Gasteiger partial charge in [-0.15, -0.1) is 10.2 Å². The summed E-state index contributed by atoms with van der Waals surface area (Å²) in [6.07, 6.45) is 4.97. The molecule has 0 saturated heterocycles. The van der Waals surface area contributed by atoms with Gasteiger partial charge in [0.25, 0.3) is 0 Å². The first-order chi connectivity index (χ1) is 15.8. The molecule has 0 atom stereocenters. The van der Waals surface area contributed by atoms with Crippen LogP contribution in [0.2, 0.25) is 0 Å². The van der Waals surface area contributed by atoms with E-state index in [1.165, 1.54) is 16.9 Å². The van der Waals surface area contributed by atoms with Crippen LogP contribution in [0, 0.1) is 6.92 Å². The first-order valence-electron chi connectivity index (χ1n) is 10.6. The molecule has 0 unspecified atom stereocenters. The fourth-order valence-electron chi connectivity index (χ4n) is 3.12. The second-order valence-electron chi connectivity index (χ2n) is 7.35. The van der Waals surface area contributed by atoms with E-state index in [1.807, 2.05) is 26.0 Å². The van der Waals surface area contributed by atoms with Gasteiger partial charge in [-0.3, -0.25) is 0 Å². The SMILES string of the molecule is C/C=C(\CNCC)c1cccc(-c2ncc(-c3nnc(C)s3)c(NCCNS(C)(=O)=O)n2)c1. The molecule has 11 heteroatoms. The molecule has 0 amide bonds. The number of aryl methyl sites for hydroxylation is 1. The van der Waals surface area contributed by atoms with Gasteiger partial charge in [0, 0.05) is 31.4 Å². The summed E-state index contributed by atoms with van der Waals surface area (Å²) in [4.78, 5) is 9.35. The summed E-state index contributed by atoms with van der Waals surface area (Å²) in [5.74, 6) is 1.15. The van der Waals surface area contributed by atoms with E-state index in [0.29, 0.717) is 23.2 Å². The van der Waals surface area contributed by atoms with E-state index >= 15 is 0 Å². The average Bonchev–Trinajstić information content (AvgIpc) is 3.23. The summed E-state index contributed by atoms with van der Waals surface area (Å²) in [6, 6.07) is 8.12. The van der Waals surface area contributed by atoms with Crippen molar-refractivity contribution in [2.75, 3.05) is 37.8 Å². The third kappa shape index (κ3) is 7.13. The quantitative estimate of drug-likeness (QED) is 0.353. The van der Waals surface area contributed by atoms with Crippen molar-refractivity contribution in [1.82, 2.24) is 30.2 Å². The van der Waals surface area contributed by atoms with E-state index in [2.05, 4.69) is 55.7 Å². The zero-order valence-corrected chi connectivity index (χ0v) is 20.8. The Kier molecular flexibility index (Phi) is 8.61. The number of rotatable bonds is 11. The number of benzene rings is 1. The van der Waals surface area contributed by atoms with Crippen molar-refractivity contribution in [3.63, 3.8) is 0 Å². The van der Waals surface area contributed by atoms with Crippen LogP contribution in [0.5, 0.6) is 0 Å². The fourth-order valence-corrected chi connectivity index (χ4v) is 4.30. The average molecular weight is 488 g/mol. The van der Waals surface area contributed by atoms with Crippen LogP contribution in [0.15, 0.2) is 36.5 Å². The number of allylic oxidation sites excluding steroid dienone is 1. The number of hydrogen-bond acceptors (Lipinski definition) is 9. The zero-order chi connectivity index (χ0) is 23.8. The molecule has 0 saturated carbocycles.